The van der Waals surface area contributed by atoms with Crippen LogP contribution in [-0.2, 0) is 4.79 Å². The predicted octanol–water partition coefficient (Wildman–Crippen LogP) is 1.37. The Hall–Kier alpha value is -2.21. The second-order valence-corrected chi connectivity index (χ2v) is 3.35. The molecule has 0 bridgehead atoms. The van der Waals surface area contributed by atoms with Crippen molar-refractivity contribution in [3.05, 3.63) is 42.0 Å². The van der Waals surface area contributed by atoms with Crippen LogP contribution in [0, 0.1) is 0 Å². The van der Waals surface area contributed by atoms with E-state index in [-0.39, 0.29) is 13.2 Å². The van der Waals surface area contributed by atoms with Crippen molar-refractivity contribution in [2.75, 3.05) is 13.2 Å². The predicted molar refractivity (Wildman–Crippen MR) is 64.6 cm³/mol. The van der Waals surface area contributed by atoms with Crippen LogP contribution in [0.3, 0.4) is 0 Å². The van der Waals surface area contributed by atoms with E-state index in [9.17, 15) is 9.18 Å². The van der Waals surface area contributed by atoms with Gasteiger partial charge < -0.3 is 15.6 Å². The molecule has 0 atom stereocenters. The summed E-state index contributed by atoms with van der Waals surface area (Å²) in [6.45, 7) is 0.141. The van der Waals surface area contributed by atoms with Gasteiger partial charge in [0.1, 0.15) is 12.4 Å². The van der Waals surface area contributed by atoms with Crippen molar-refractivity contribution in [1.82, 2.24) is 4.98 Å². The number of carbonyl (C=O) groups is 1. The number of carboxylic acid groups (broad SMARTS) is 1. The molecule has 5 nitrogen and oxygen atoms in total. The molecule has 0 radical (unpaired) electrons. The van der Waals surface area contributed by atoms with Crippen LogP contribution >= 0.6 is 0 Å². The summed E-state index contributed by atoms with van der Waals surface area (Å²) in [6.07, 6.45) is 4.19. The molecule has 1 rings (SSSR count). The standard InChI is InChI=1S/C12H13FN2O3/c13-5-9(6-14)8-18-11-3-1-10(15-7-11)2-4-12(16)17/h1-5,7H,6,8,14H2,(H,16,17)/b4-2-,9-5-. The average molecular weight is 252 g/mol. The van der Waals surface area contributed by atoms with Crippen LogP contribution in [-0.4, -0.2) is 29.2 Å². The Kier molecular flexibility index (Phi) is 5.53. The molecule has 0 saturated heterocycles. The highest BCUT2D eigenvalue weighted by atomic mass is 19.1. The van der Waals surface area contributed by atoms with Crippen molar-refractivity contribution in [2.24, 2.45) is 5.73 Å². The van der Waals surface area contributed by atoms with Crippen LogP contribution < -0.4 is 10.5 Å². The lowest BCUT2D eigenvalue weighted by atomic mass is 10.3. The van der Waals surface area contributed by atoms with Crippen molar-refractivity contribution in [2.45, 2.75) is 0 Å². The van der Waals surface area contributed by atoms with Gasteiger partial charge in [0.25, 0.3) is 0 Å². The molecule has 0 fully saturated rings. The number of hydrogen-bond donors (Lipinski definition) is 2. The second-order valence-electron chi connectivity index (χ2n) is 3.35. The van der Waals surface area contributed by atoms with Gasteiger partial charge in [0.2, 0.25) is 0 Å². The molecule has 0 aliphatic heterocycles. The summed E-state index contributed by atoms with van der Waals surface area (Å²) < 4.78 is 17.4. The van der Waals surface area contributed by atoms with Gasteiger partial charge in [0.15, 0.2) is 0 Å². The van der Waals surface area contributed by atoms with Crippen molar-refractivity contribution in [3.8, 4) is 5.75 Å². The van der Waals surface area contributed by atoms with Crippen LogP contribution in [0.25, 0.3) is 6.08 Å². The third-order valence-electron chi connectivity index (χ3n) is 2.00. The lowest BCUT2D eigenvalue weighted by Crippen LogP contribution is -2.10. The number of pyridine rings is 1. The molecular weight excluding hydrogens is 239 g/mol. The molecule has 0 aromatic carbocycles. The first-order valence-corrected chi connectivity index (χ1v) is 5.13. The summed E-state index contributed by atoms with van der Waals surface area (Å²) in [5.74, 6) is -0.590. The highest BCUT2D eigenvalue weighted by Gasteiger charge is 1.98. The number of hydrogen-bond acceptors (Lipinski definition) is 4. The van der Waals surface area contributed by atoms with E-state index in [0.29, 0.717) is 23.3 Å². The van der Waals surface area contributed by atoms with Crippen LogP contribution in [0.1, 0.15) is 5.69 Å². The van der Waals surface area contributed by atoms with Crippen LogP contribution in [0.5, 0.6) is 5.75 Å². The van der Waals surface area contributed by atoms with Crippen LogP contribution in [0.15, 0.2) is 36.3 Å². The Balaban J connectivity index is 2.58. The van der Waals surface area contributed by atoms with Crippen LogP contribution in [0.4, 0.5) is 4.39 Å². The highest BCUT2D eigenvalue weighted by molar-refractivity contribution is 5.84. The van der Waals surface area contributed by atoms with Gasteiger partial charge in [-0.25, -0.2) is 9.18 Å². The first-order chi connectivity index (χ1) is 8.65. The van der Waals surface area contributed by atoms with E-state index >= 15 is 0 Å². The largest absolute Gasteiger partial charge is 0.487 e. The zero-order valence-electron chi connectivity index (χ0n) is 9.54. The van der Waals surface area contributed by atoms with Gasteiger partial charge in [-0.15, -0.1) is 0 Å². The molecule has 1 aromatic rings. The summed E-state index contributed by atoms with van der Waals surface area (Å²) in [5, 5.41) is 8.44. The molecule has 0 aliphatic carbocycles. The maximum Gasteiger partial charge on any atom is 0.328 e. The quantitative estimate of drug-likeness (QED) is 0.747. The molecule has 0 amide bonds. The minimum atomic E-state index is -1.04. The fourth-order valence-corrected chi connectivity index (χ4v) is 1.04. The maximum absolute atomic E-state index is 12.2. The summed E-state index contributed by atoms with van der Waals surface area (Å²) in [6, 6.07) is 3.21. The van der Waals surface area contributed by atoms with E-state index in [0.717, 1.165) is 6.08 Å². The van der Waals surface area contributed by atoms with Gasteiger partial charge in [-0.05, 0) is 18.2 Å². The van der Waals surface area contributed by atoms with Gasteiger partial charge in [-0.2, -0.15) is 0 Å². The summed E-state index contributed by atoms with van der Waals surface area (Å²) in [5.41, 5.74) is 6.10. The summed E-state index contributed by atoms with van der Waals surface area (Å²) in [7, 11) is 0. The van der Waals surface area contributed by atoms with Gasteiger partial charge in [0.05, 0.1) is 18.2 Å². The van der Waals surface area contributed by atoms with E-state index in [4.69, 9.17) is 15.6 Å². The molecule has 0 spiro atoms. The molecule has 0 unspecified atom stereocenters. The Morgan fingerprint density at radius 1 is 1.56 bits per heavy atom. The molecule has 1 heterocycles. The number of aromatic nitrogens is 1. The van der Waals surface area contributed by atoms with Crippen molar-refractivity contribution >= 4 is 12.0 Å². The molecule has 0 saturated carbocycles. The molecule has 6 heteroatoms. The number of halogens is 1. The highest BCUT2D eigenvalue weighted by Crippen LogP contribution is 2.11. The third kappa shape index (κ3) is 4.75. The summed E-state index contributed by atoms with van der Waals surface area (Å²) >= 11 is 0. The first-order valence-electron chi connectivity index (χ1n) is 5.13. The van der Waals surface area contributed by atoms with Gasteiger partial charge in [-0.1, -0.05) is 0 Å². The monoisotopic (exact) mass is 252 g/mol. The number of ether oxygens (including phenoxy) is 1. The van der Waals surface area contributed by atoms with E-state index in [1.165, 1.54) is 12.3 Å². The number of carboxylic acids is 1. The SMILES string of the molecule is NC/C(=C/F)COc1ccc(/C=C\C(=O)O)nc1. The molecule has 3 N–H and O–H groups in total. The average Bonchev–Trinajstić information content (AvgIpc) is 2.39. The normalized spacial score (nSPS) is 11.8. The fraction of sp³-hybridized carbons (Fsp3) is 0.167. The minimum absolute atomic E-state index is 0.0546. The minimum Gasteiger partial charge on any atom is -0.487 e. The van der Waals surface area contributed by atoms with E-state index in [2.05, 4.69) is 4.98 Å². The lowest BCUT2D eigenvalue weighted by Gasteiger charge is -2.06. The van der Waals surface area contributed by atoms with Crippen LogP contribution in [0.2, 0.25) is 0 Å². The third-order valence-corrected chi connectivity index (χ3v) is 2.00. The maximum atomic E-state index is 12.2. The number of nitrogens with two attached hydrogens (primary N) is 1. The van der Waals surface area contributed by atoms with E-state index < -0.39 is 5.97 Å². The van der Waals surface area contributed by atoms with Gasteiger partial charge >= 0.3 is 5.97 Å². The molecular formula is C12H13FN2O3. The van der Waals surface area contributed by atoms with Crippen molar-refractivity contribution in [1.29, 1.82) is 0 Å². The van der Waals surface area contributed by atoms with Crippen molar-refractivity contribution in [3.63, 3.8) is 0 Å². The van der Waals surface area contributed by atoms with E-state index in [1.54, 1.807) is 12.1 Å². The topological polar surface area (TPSA) is 85.4 Å². The number of aliphatic carboxylic acids is 1. The zero-order chi connectivity index (χ0) is 13.4. The van der Waals surface area contributed by atoms with Crippen molar-refractivity contribution < 1.29 is 19.0 Å². The van der Waals surface area contributed by atoms with Gasteiger partial charge in [-0.3, -0.25) is 4.98 Å². The molecule has 0 aliphatic rings. The van der Waals surface area contributed by atoms with E-state index in [1.807, 2.05) is 0 Å². The molecule has 96 valence electrons. The fourth-order valence-electron chi connectivity index (χ4n) is 1.04. The number of nitrogens with zero attached hydrogens (tertiary/aromatic N) is 1. The summed E-state index contributed by atoms with van der Waals surface area (Å²) in [4.78, 5) is 14.3. The zero-order valence-corrected chi connectivity index (χ0v) is 9.54. The second kappa shape index (κ2) is 7.18. The Morgan fingerprint density at radius 2 is 2.33 bits per heavy atom. The molecule has 1 aromatic heterocycles. The van der Waals surface area contributed by atoms with Gasteiger partial charge in [0, 0.05) is 18.2 Å². The Labute approximate surface area is 103 Å². The Morgan fingerprint density at radius 3 is 2.83 bits per heavy atom. The first kappa shape index (κ1) is 13.9. The smallest absolute Gasteiger partial charge is 0.328 e. The molecule has 18 heavy (non-hydrogen) atoms. The Bertz CT molecular complexity index is 455. The number of rotatable bonds is 6. The lowest BCUT2D eigenvalue weighted by molar-refractivity contribution is -0.131.